The second-order valence-electron chi connectivity index (χ2n) is 3.21. The van der Waals surface area contributed by atoms with Gasteiger partial charge in [-0.2, -0.15) is 0 Å². The molecule has 1 aromatic carbocycles. The summed E-state index contributed by atoms with van der Waals surface area (Å²) in [5.41, 5.74) is 1.92. The highest BCUT2D eigenvalue weighted by atomic mass is 19.1. The molecule has 1 N–H and O–H groups in total. The van der Waals surface area contributed by atoms with E-state index in [1.165, 1.54) is 6.07 Å². The SMILES string of the molecule is Cc1c(F)ccc2c1C(=O)NCC2. The summed E-state index contributed by atoms with van der Waals surface area (Å²) >= 11 is 0. The van der Waals surface area contributed by atoms with Gasteiger partial charge in [0.15, 0.2) is 0 Å². The maximum Gasteiger partial charge on any atom is 0.251 e. The van der Waals surface area contributed by atoms with E-state index in [2.05, 4.69) is 5.32 Å². The normalized spacial score (nSPS) is 15.1. The molecule has 1 heterocycles. The predicted molar refractivity (Wildman–Crippen MR) is 47.2 cm³/mol. The molecule has 1 amide bonds. The number of rotatable bonds is 0. The van der Waals surface area contributed by atoms with Crippen LogP contribution >= 0.6 is 0 Å². The Morgan fingerprint density at radius 1 is 1.46 bits per heavy atom. The number of nitrogens with one attached hydrogen (secondary N) is 1. The minimum absolute atomic E-state index is 0.154. The molecule has 0 atom stereocenters. The second-order valence-corrected chi connectivity index (χ2v) is 3.21. The fourth-order valence-corrected chi connectivity index (χ4v) is 1.67. The van der Waals surface area contributed by atoms with Crippen molar-refractivity contribution in [1.29, 1.82) is 0 Å². The van der Waals surface area contributed by atoms with Crippen molar-refractivity contribution < 1.29 is 9.18 Å². The molecular weight excluding hydrogens is 169 g/mol. The van der Waals surface area contributed by atoms with Crippen molar-refractivity contribution in [3.63, 3.8) is 0 Å². The van der Waals surface area contributed by atoms with Crippen LogP contribution < -0.4 is 5.32 Å². The zero-order chi connectivity index (χ0) is 9.42. The largest absolute Gasteiger partial charge is 0.352 e. The highest BCUT2D eigenvalue weighted by Gasteiger charge is 2.20. The lowest BCUT2D eigenvalue weighted by atomic mass is 9.96. The van der Waals surface area contributed by atoms with Crippen molar-refractivity contribution in [1.82, 2.24) is 5.32 Å². The monoisotopic (exact) mass is 179 g/mol. The summed E-state index contributed by atoms with van der Waals surface area (Å²) in [6, 6.07) is 3.11. The molecule has 1 aromatic rings. The highest BCUT2D eigenvalue weighted by Crippen LogP contribution is 2.20. The summed E-state index contributed by atoms with van der Waals surface area (Å²) in [5, 5.41) is 2.70. The topological polar surface area (TPSA) is 29.1 Å². The van der Waals surface area contributed by atoms with E-state index in [1.54, 1.807) is 13.0 Å². The van der Waals surface area contributed by atoms with E-state index in [0.29, 0.717) is 17.7 Å². The molecule has 1 aliphatic heterocycles. The van der Waals surface area contributed by atoms with Gasteiger partial charge in [-0.3, -0.25) is 4.79 Å². The molecule has 3 heteroatoms. The quantitative estimate of drug-likeness (QED) is 0.641. The van der Waals surface area contributed by atoms with Crippen molar-refractivity contribution in [3.05, 3.63) is 34.6 Å². The maximum absolute atomic E-state index is 13.1. The van der Waals surface area contributed by atoms with Gasteiger partial charge in [0.05, 0.1) is 0 Å². The zero-order valence-electron chi connectivity index (χ0n) is 7.36. The van der Waals surface area contributed by atoms with Gasteiger partial charge in [-0.05, 0) is 30.5 Å². The number of carbonyl (C=O) groups excluding carboxylic acids is 1. The number of carbonyl (C=O) groups is 1. The van der Waals surface area contributed by atoms with Crippen LogP contribution in [0.25, 0.3) is 0 Å². The molecule has 0 aromatic heterocycles. The molecule has 0 saturated carbocycles. The molecule has 0 unspecified atom stereocenters. The molecule has 2 rings (SSSR count). The Kier molecular flexibility index (Phi) is 1.79. The highest BCUT2D eigenvalue weighted by molar-refractivity contribution is 5.98. The second kappa shape index (κ2) is 2.83. The first-order valence-corrected chi connectivity index (χ1v) is 4.26. The molecule has 0 saturated heterocycles. The smallest absolute Gasteiger partial charge is 0.251 e. The van der Waals surface area contributed by atoms with Crippen molar-refractivity contribution in [2.75, 3.05) is 6.54 Å². The maximum atomic E-state index is 13.1. The third-order valence-corrected chi connectivity index (χ3v) is 2.39. The van der Waals surface area contributed by atoms with Gasteiger partial charge in [-0.15, -0.1) is 0 Å². The minimum atomic E-state index is -0.309. The van der Waals surface area contributed by atoms with Gasteiger partial charge in [-0.25, -0.2) is 4.39 Å². The lowest BCUT2D eigenvalue weighted by molar-refractivity contribution is 0.0944. The fraction of sp³-hybridized carbons (Fsp3) is 0.300. The van der Waals surface area contributed by atoms with Gasteiger partial charge in [0.1, 0.15) is 5.82 Å². The summed E-state index contributed by atoms with van der Waals surface area (Å²) in [5.74, 6) is -0.464. The Labute approximate surface area is 75.8 Å². The van der Waals surface area contributed by atoms with Crippen molar-refractivity contribution in [2.24, 2.45) is 0 Å². The van der Waals surface area contributed by atoms with E-state index < -0.39 is 0 Å². The van der Waals surface area contributed by atoms with E-state index in [9.17, 15) is 9.18 Å². The van der Waals surface area contributed by atoms with Crippen molar-refractivity contribution >= 4 is 5.91 Å². The van der Waals surface area contributed by atoms with Crippen molar-refractivity contribution in [3.8, 4) is 0 Å². The molecule has 0 fully saturated rings. The van der Waals surface area contributed by atoms with Crippen LogP contribution in [0.15, 0.2) is 12.1 Å². The number of halogens is 1. The molecule has 0 aliphatic carbocycles. The number of fused-ring (bicyclic) bond motifs is 1. The Morgan fingerprint density at radius 3 is 3.00 bits per heavy atom. The summed E-state index contributed by atoms with van der Waals surface area (Å²) in [7, 11) is 0. The number of hydrogen-bond donors (Lipinski definition) is 1. The molecule has 0 radical (unpaired) electrons. The van der Waals surface area contributed by atoms with Gasteiger partial charge in [0, 0.05) is 12.1 Å². The van der Waals surface area contributed by atoms with Crippen LogP contribution in [0.4, 0.5) is 4.39 Å². The van der Waals surface area contributed by atoms with E-state index in [4.69, 9.17) is 0 Å². The first-order valence-electron chi connectivity index (χ1n) is 4.26. The minimum Gasteiger partial charge on any atom is -0.352 e. The van der Waals surface area contributed by atoms with Crippen molar-refractivity contribution in [2.45, 2.75) is 13.3 Å². The summed E-state index contributed by atoms with van der Waals surface area (Å²) in [6.07, 6.45) is 0.794. The van der Waals surface area contributed by atoms with Crippen LogP contribution in [0.2, 0.25) is 0 Å². The molecule has 0 spiro atoms. The standard InChI is InChI=1S/C10H10FNO/c1-6-8(11)3-2-7-4-5-12-10(13)9(6)7/h2-3H,4-5H2,1H3,(H,12,13). The van der Waals surface area contributed by atoms with Crippen LogP contribution in [-0.2, 0) is 6.42 Å². The van der Waals surface area contributed by atoms with E-state index >= 15 is 0 Å². The molecule has 13 heavy (non-hydrogen) atoms. The van der Waals surface area contributed by atoms with E-state index in [0.717, 1.165) is 12.0 Å². The first-order chi connectivity index (χ1) is 6.20. The molecular formula is C10H10FNO. The van der Waals surface area contributed by atoms with Gasteiger partial charge >= 0.3 is 0 Å². The molecule has 2 nitrogen and oxygen atoms in total. The number of amides is 1. The van der Waals surface area contributed by atoms with Gasteiger partial charge in [-0.1, -0.05) is 6.07 Å². The average molecular weight is 179 g/mol. The van der Waals surface area contributed by atoms with Gasteiger partial charge < -0.3 is 5.32 Å². The molecule has 0 bridgehead atoms. The predicted octanol–water partition coefficient (Wildman–Crippen LogP) is 1.42. The lowest BCUT2D eigenvalue weighted by Gasteiger charge is -2.18. The molecule has 1 aliphatic rings. The van der Waals surface area contributed by atoms with E-state index in [1.807, 2.05) is 0 Å². The van der Waals surface area contributed by atoms with Crippen LogP contribution in [0.5, 0.6) is 0 Å². The van der Waals surface area contributed by atoms with Crippen LogP contribution in [0, 0.1) is 12.7 Å². The summed E-state index contributed by atoms with van der Waals surface area (Å²) < 4.78 is 13.1. The lowest BCUT2D eigenvalue weighted by Crippen LogP contribution is -2.32. The average Bonchev–Trinajstić information content (AvgIpc) is 2.12. The fourth-order valence-electron chi connectivity index (χ4n) is 1.67. The Balaban J connectivity index is 2.65. The number of benzene rings is 1. The van der Waals surface area contributed by atoms with Crippen LogP contribution in [0.3, 0.4) is 0 Å². The number of hydrogen-bond acceptors (Lipinski definition) is 1. The molecule has 68 valence electrons. The summed E-state index contributed by atoms with van der Waals surface area (Å²) in [6.45, 7) is 2.29. The van der Waals surface area contributed by atoms with Crippen LogP contribution in [-0.4, -0.2) is 12.5 Å². The third-order valence-electron chi connectivity index (χ3n) is 2.39. The zero-order valence-corrected chi connectivity index (χ0v) is 7.36. The van der Waals surface area contributed by atoms with E-state index in [-0.39, 0.29) is 11.7 Å². The Morgan fingerprint density at radius 2 is 2.23 bits per heavy atom. The summed E-state index contributed by atoms with van der Waals surface area (Å²) in [4.78, 5) is 11.4. The first kappa shape index (κ1) is 8.23. The third kappa shape index (κ3) is 1.20. The Bertz CT molecular complexity index is 373. The van der Waals surface area contributed by atoms with Gasteiger partial charge in [0.25, 0.3) is 5.91 Å². The van der Waals surface area contributed by atoms with Gasteiger partial charge in [0.2, 0.25) is 0 Å². The van der Waals surface area contributed by atoms with Crippen LogP contribution in [0.1, 0.15) is 21.5 Å². The Hall–Kier alpha value is -1.38.